The maximum atomic E-state index is 5.41. The topological polar surface area (TPSA) is 67.6 Å². The van der Waals surface area contributed by atoms with Crippen molar-refractivity contribution < 1.29 is 0 Å². The molecule has 1 saturated heterocycles. The fraction of sp³-hybridized carbons (Fsp3) is 0.545. The second-order valence-corrected chi connectivity index (χ2v) is 5.02. The van der Waals surface area contributed by atoms with Crippen LogP contribution in [0.25, 0.3) is 0 Å². The van der Waals surface area contributed by atoms with Crippen molar-refractivity contribution in [3.05, 3.63) is 22.4 Å². The molecule has 1 aliphatic rings. The lowest BCUT2D eigenvalue weighted by Gasteiger charge is -2.25. The van der Waals surface area contributed by atoms with Crippen LogP contribution in [0.2, 0.25) is 0 Å². The Bertz CT molecular complexity index is 337. The quantitative estimate of drug-likeness (QED) is 0.611. The van der Waals surface area contributed by atoms with Crippen LogP contribution in [-0.4, -0.2) is 30.5 Å². The number of nitrogens with two attached hydrogens (primary N) is 2. The first-order valence-electron chi connectivity index (χ1n) is 5.60. The Morgan fingerprint density at radius 2 is 2.19 bits per heavy atom. The second-order valence-electron chi connectivity index (χ2n) is 4.04. The predicted octanol–water partition coefficient (Wildman–Crippen LogP) is 1.16. The van der Waals surface area contributed by atoms with Crippen LogP contribution in [0, 0.1) is 0 Å². The third kappa shape index (κ3) is 2.74. The van der Waals surface area contributed by atoms with Gasteiger partial charge in [0.05, 0.1) is 12.6 Å². The number of guanidine groups is 1. The number of hydrogen-bond donors (Lipinski definition) is 2. The largest absolute Gasteiger partial charge is 0.370 e. The average Bonchev–Trinajstić information content (AvgIpc) is 2.88. The fourth-order valence-corrected chi connectivity index (χ4v) is 2.96. The lowest BCUT2D eigenvalue weighted by molar-refractivity contribution is 0.255. The Morgan fingerprint density at radius 1 is 1.44 bits per heavy atom. The van der Waals surface area contributed by atoms with E-state index in [9.17, 15) is 0 Å². The average molecular weight is 238 g/mol. The van der Waals surface area contributed by atoms with Crippen molar-refractivity contribution in [1.82, 2.24) is 4.90 Å². The zero-order valence-corrected chi connectivity index (χ0v) is 10.1. The van der Waals surface area contributed by atoms with Gasteiger partial charge in [-0.2, -0.15) is 0 Å². The maximum absolute atomic E-state index is 5.41. The zero-order chi connectivity index (χ0) is 11.4. The Kier molecular flexibility index (Phi) is 3.79. The highest BCUT2D eigenvalue weighted by Crippen LogP contribution is 2.28. The van der Waals surface area contributed by atoms with Gasteiger partial charge in [-0.15, -0.1) is 11.3 Å². The monoisotopic (exact) mass is 238 g/mol. The minimum absolute atomic E-state index is 0.181. The number of nitrogens with zero attached hydrogens (tertiary/aromatic N) is 2. The minimum Gasteiger partial charge on any atom is -0.370 e. The van der Waals surface area contributed by atoms with Crippen molar-refractivity contribution in [3.63, 3.8) is 0 Å². The summed E-state index contributed by atoms with van der Waals surface area (Å²) in [5.74, 6) is 0.181. The van der Waals surface area contributed by atoms with Crippen LogP contribution < -0.4 is 11.5 Å². The van der Waals surface area contributed by atoms with E-state index in [0.717, 1.165) is 13.1 Å². The minimum atomic E-state index is 0.181. The van der Waals surface area contributed by atoms with Gasteiger partial charge < -0.3 is 11.5 Å². The summed E-state index contributed by atoms with van der Waals surface area (Å²) in [6.07, 6.45) is 2.56. The van der Waals surface area contributed by atoms with Gasteiger partial charge in [0.25, 0.3) is 0 Å². The SMILES string of the molecule is NC(N)=NCC(c1cccs1)N1CCCC1. The summed E-state index contributed by atoms with van der Waals surface area (Å²) >= 11 is 1.78. The summed E-state index contributed by atoms with van der Waals surface area (Å²) in [7, 11) is 0. The lowest BCUT2D eigenvalue weighted by Crippen LogP contribution is -2.29. The smallest absolute Gasteiger partial charge is 0.185 e. The van der Waals surface area contributed by atoms with Crippen LogP contribution in [0.1, 0.15) is 23.8 Å². The molecular weight excluding hydrogens is 220 g/mol. The van der Waals surface area contributed by atoms with Crippen LogP contribution >= 0.6 is 11.3 Å². The van der Waals surface area contributed by atoms with Gasteiger partial charge >= 0.3 is 0 Å². The lowest BCUT2D eigenvalue weighted by atomic mass is 10.2. The number of rotatable bonds is 4. The van der Waals surface area contributed by atoms with Crippen LogP contribution in [0.5, 0.6) is 0 Å². The van der Waals surface area contributed by atoms with Crippen LogP contribution in [0.4, 0.5) is 0 Å². The Balaban J connectivity index is 2.09. The van der Waals surface area contributed by atoms with Crippen LogP contribution in [-0.2, 0) is 0 Å². The molecule has 2 rings (SSSR count). The van der Waals surface area contributed by atoms with Crippen molar-refractivity contribution in [2.45, 2.75) is 18.9 Å². The van der Waals surface area contributed by atoms with Gasteiger partial charge in [0.1, 0.15) is 0 Å². The molecule has 1 aliphatic heterocycles. The van der Waals surface area contributed by atoms with E-state index in [0.29, 0.717) is 12.6 Å². The predicted molar refractivity (Wildman–Crippen MR) is 68.5 cm³/mol. The molecule has 1 fully saturated rings. The molecule has 1 aromatic rings. The van der Waals surface area contributed by atoms with Gasteiger partial charge in [0, 0.05) is 4.88 Å². The Hall–Kier alpha value is -1.07. The van der Waals surface area contributed by atoms with Crippen molar-refractivity contribution in [2.24, 2.45) is 16.5 Å². The van der Waals surface area contributed by atoms with Crippen molar-refractivity contribution >= 4 is 17.3 Å². The summed E-state index contributed by atoms with van der Waals surface area (Å²) in [5, 5.41) is 2.11. The molecule has 0 bridgehead atoms. The summed E-state index contributed by atoms with van der Waals surface area (Å²) in [4.78, 5) is 7.99. The standard InChI is InChI=1S/C11H18N4S/c12-11(13)14-8-9(10-4-3-7-16-10)15-5-1-2-6-15/h3-4,7,9H,1-2,5-6,8H2,(H4,12,13,14). The molecule has 1 unspecified atom stereocenters. The van der Waals surface area contributed by atoms with Crippen molar-refractivity contribution in [2.75, 3.05) is 19.6 Å². The molecule has 5 heteroatoms. The van der Waals surface area contributed by atoms with Crippen molar-refractivity contribution in [3.8, 4) is 0 Å². The van der Waals surface area contributed by atoms with E-state index in [2.05, 4.69) is 27.4 Å². The summed E-state index contributed by atoms with van der Waals surface area (Å²) in [6, 6.07) is 4.60. The molecule has 2 heterocycles. The molecule has 0 radical (unpaired) electrons. The van der Waals surface area contributed by atoms with Gasteiger partial charge in [-0.25, -0.2) is 0 Å². The van der Waals surface area contributed by atoms with E-state index in [-0.39, 0.29) is 5.96 Å². The van der Waals surface area contributed by atoms with Gasteiger partial charge in [-0.05, 0) is 37.4 Å². The third-order valence-electron chi connectivity index (χ3n) is 2.90. The summed E-state index contributed by atoms with van der Waals surface area (Å²) in [5.41, 5.74) is 10.8. The van der Waals surface area contributed by atoms with E-state index >= 15 is 0 Å². The summed E-state index contributed by atoms with van der Waals surface area (Å²) < 4.78 is 0. The van der Waals surface area contributed by atoms with Gasteiger partial charge in [-0.3, -0.25) is 9.89 Å². The van der Waals surface area contributed by atoms with Gasteiger partial charge in [0.2, 0.25) is 0 Å². The highest BCUT2D eigenvalue weighted by Gasteiger charge is 2.23. The van der Waals surface area contributed by atoms with E-state index in [1.807, 2.05) is 0 Å². The number of thiophene rings is 1. The first kappa shape index (κ1) is 11.4. The van der Waals surface area contributed by atoms with Crippen LogP contribution in [0.15, 0.2) is 22.5 Å². The normalized spacial score (nSPS) is 18.5. The zero-order valence-electron chi connectivity index (χ0n) is 9.30. The number of hydrogen-bond acceptors (Lipinski definition) is 3. The maximum Gasteiger partial charge on any atom is 0.185 e. The molecule has 1 atom stereocenters. The highest BCUT2D eigenvalue weighted by molar-refractivity contribution is 7.10. The molecule has 0 aromatic carbocycles. The molecular formula is C11H18N4S. The first-order valence-corrected chi connectivity index (χ1v) is 6.48. The van der Waals surface area contributed by atoms with E-state index in [1.54, 1.807) is 11.3 Å². The Morgan fingerprint density at radius 3 is 2.75 bits per heavy atom. The van der Waals surface area contributed by atoms with E-state index < -0.39 is 0 Å². The van der Waals surface area contributed by atoms with Gasteiger partial charge in [0.15, 0.2) is 5.96 Å². The molecule has 4 nitrogen and oxygen atoms in total. The fourth-order valence-electron chi connectivity index (χ4n) is 2.11. The molecule has 4 N–H and O–H groups in total. The molecule has 0 spiro atoms. The van der Waals surface area contributed by atoms with E-state index in [4.69, 9.17) is 11.5 Å². The molecule has 0 amide bonds. The molecule has 0 saturated carbocycles. The van der Waals surface area contributed by atoms with Gasteiger partial charge in [-0.1, -0.05) is 6.07 Å². The molecule has 88 valence electrons. The third-order valence-corrected chi connectivity index (χ3v) is 3.87. The highest BCUT2D eigenvalue weighted by atomic mass is 32.1. The van der Waals surface area contributed by atoms with Crippen molar-refractivity contribution in [1.29, 1.82) is 0 Å². The molecule has 16 heavy (non-hydrogen) atoms. The first-order chi connectivity index (χ1) is 7.77. The number of likely N-dealkylation sites (tertiary alicyclic amines) is 1. The Labute approximate surface area is 100.0 Å². The molecule has 0 aliphatic carbocycles. The number of aliphatic imine (C=N–C) groups is 1. The summed E-state index contributed by atoms with van der Waals surface area (Å²) in [6.45, 7) is 2.98. The van der Waals surface area contributed by atoms with Crippen LogP contribution in [0.3, 0.4) is 0 Å². The molecule has 1 aromatic heterocycles. The second kappa shape index (κ2) is 5.32. The van der Waals surface area contributed by atoms with E-state index in [1.165, 1.54) is 17.7 Å².